The predicted molar refractivity (Wildman–Crippen MR) is 134 cm³/mol. The highest BCUT2D eigenvalue weighted by Gasteiger charge is 2.42. The zero-order valence-electron chi connectivity index (χ0n) is 19.4. The van der Waals surface area contributed by atoms with E-state index >= 15 is 0 Å². The Morgan fingerprint density at radius 3 is 2.68 bits per heavy atom. The van der Waals surface area contributed by atoms with Gasteiger partial charge in [0.15, 0.2) is 0 Å². The van der Waals surface area contributed by atoms with Gasteiger partial charge in [0.1, 0.15) is 6.04 Å². The summed E-state index contributed by atoms with van der Waals surface area (Å²) in [7, 11) is 0. The Morgan fingerprint density at radius 2 is 2.00 bits per heavy atom. The second-order valence-corrected chi connectivity index (χ2v) is 9.69. The molecule has 0 bridgehead atoms. The van der Waals surface area contributed by atoms with Crippen molar-refractivity contribution in [1.29, 1.82) is 0 Å². The molecule has 34 heavy (non-hydrogen) atoms. The van der Waals surface area contributed by atoms with E-state index in [4.69, 9.17) is 5.73 Å². The van der Waals surface area contributed by atoms with Crippen LogP contribution in [0.25, 0.3) is 0 Å². The normalized spacial score (nSPS) is 17.8. The average molecular weight is 478 g/mol. The lowest BCUT2D eigenvalue weighted by atomic mass is 10.1. The third-order valence-electron chi connectivity index (χ3n) is 6.16. The molecule has 3 N–H and O–H groups in total. The van der Waals surface area contributed by atoms with Crippen molar-refractivity contribution >= 4 is 23.2 Å². The Labute approximate surface area is 204 Å². The second kappa shape index (κ2) is 11.4. The van der Waals surface area contributed by atoms with Gasteiger partial charge in [-0.1, -0.05) is 35.9 Å². The quantitative estimate of drug-likeness (QED) is 0.495. The third kappa shape index (κ3) is 5.88. The van der Waals surface area contributed by atoms with Crippen molar-refractivity contribution in [2.24, 2.45) is 5.73 Å². The minimum atomic E-state index is -0.548. The molecule has 1 aliphatic heterocycles. The molecular formula is C26H31N5O2S. The molecule has 2 unspecified atom stereocenters. The van der Waals surface area contributed by atoms with Crippen LogP contribution in [0.1, 0.15) is 32.8 Å². The number of hydrogen-bond donors (Lipinski definition) is 2. The number of carbonyl (C=O) groups is 2. The second-order valence-electron chi connectivity index (χ2n) is 8.65. The first kappa shape index (κ1) is 24.1. The van der Waals surface area contributed by atoms with Crippen LogP contribution in [-0.4, -0.2) is 58.3 Å². The number of amides is 2. The number of likely N-dealkylation sites (tertiary alicyclic amines) is 1. The molecule has 3 aromatic rings. The van der Waals surface area contributed by atoms with Crippen molar-refractivity contribution in [3.63, 3.8) is 0 Å². The summed E-state index contributed by atoms with van der Waals surface area (Å²) in [6.45, 7) is 4.81. The first-order valence-electron chi connectivity index (χ1n) is 11.6. The van der Waals surface area contributed by atoms with E-state index in [-0.39, 0.29) is 17.9 Å². The van der Waals surface area contributed by atoms with Gasteiger partial charge in [0.2, 0.25) is 5.91 Å². The van der Waals surface area contributed by atoms with Crippen molar-refractivity contribution < 1.29 is 9.59 Å². The van der Waals surface area contributed by atoms with Gasteiger partial charge in [0.25, 0.3) is 5.91 Å². The highest BCUT2D eigenvalue weighted by Crippen LogP contribution is 2.28. The summed E-state index contributed by atoms with van der Waals surface area (Å²) >= 11 is 1.72. The maximum absolute atomic E-state index is 13.4. The monoisotopic (exact) mass is 477 g/mol. The molecule has 7 nitrogen and oxygen atoms in total. The zero-order chi connectivity index (χ0) is 23.9. The molecule has 2 atom stereocenters. The van der Waals surface area contributed by atoms with Crippen LogP contribution in [0.3, 0.4) is 0 Å². The van der Waals surface area contributed by atoms with Crippen LogP contribution in [0, 0.1) is 6.92 Å². The lowest BCUT2D eigenvalue weighted by Crippen LogP contribution is -2.47. The number of nitrogens with one attached hydrogen (secondary N) is 1. The molecule has 2 amide bonds. The average Bonchev–Trinajstić information content (AvgIpc) is 3.54. The van der Waals surface area contributed by atoms with Gasteiger partial charge >= 0.3 is 0 Å². The van der Waals surface area contributed by atoms with E-state index in [0.717, 1.165) is 13.1 Å². The van der Waals surface area contributed by atoms with E-state index in [1.165, 1.54) is 16.0 Å². The number of carbonyl (C=O) groups excluding carboxylic acids is 2. The van der Waals surface area contributed by atoms with E-state index in [1.54, 1.807) is 40.8 Å². The summed E-state index contributed by atoms with van der Waals surface area (Å²) in [5, 5.41) is 4.96. The lowest BCUT2D eigenvalue weighted by Gasteiger charge is -2.28. The highest BCUT2D eigenvalue weighted by atomic mass is 32.1. The van der Waals surface area contributed by atoms with Crippen LogP contribution in [-0.2, 0) is 17.9 Å². The molecule has 0 aliphatic carbocycles. The van der Waals surface area contributed by atoms with Gasteiger partial charge in [-0.25, -0.2) is 0 Å². The molecule has 4 rings (SSSR count). The standard InChI is InChI=1S/C26H31N5O2S/c1-19-6-8-20(9-7-19)16-30(18-23-5-3-13-34-23)22-14-24(25(32)29-12-10-27)31(17-22)26(33)21-4-2-11-28-15-21/h2-9,11,13,15,22,24H,10,12,14,16-18,27H2,1H3,(H,29,32). The molecule has 0 saturated carbocycles. The fourth-order valence-electron chi connectivity index (χ4n) is 4.36. The molecule has 1 fully saturated rings. The minimum absolute atomic E-state index is 0.0395. The molecule has 178 valence electrons. The largest absolute Gasteiger partial charge is 0.353 e. The van der Waals surface area contributed by atoms with Gasteiger partial charge < -0.3 is 16.0 Å². The van der Waals surface area contributed by atoms with Crippen LogP contribution < -0.4 is 11.1 Å². The maximum Gasteiger partial charge on any atom is 0.256 e. The van der Waals surface area contributed by atoms with Crippen LogP contribution in [0.4, 0.5) is 0 Å². The van der Waals surface area contributed by atoms with Crippen molar-refractivity contribution in [2.75, 3.05) is 19.6 Å². The molecule has 3 heterocycles. The Morgan fingerprint density at radius 1 is 1.18 bits per heavy atom. The number of pyridine rings is 1. The van der Waals surface area contributed by atoms with Crippen molar-refractivity contribution in [1.82, 2.24) is 20.1 Å². The lowest BCUT2D eigenvalue weighted by molar-refractivity contribution is -0.124. The molecule has 1 aliphatic rings. The Hall–Kier alpha value is -3.07. The van der Waals surface area contributed by atoms with Gasteiger partial charge in [0.05, 0.1) is 5.56 Å². The summed E-state index contributed by atoms with van der Waals surface area (Å²) in [5.74, 6) is -0.327. The summed E-state index contributed by atoms with van der Waals surface area (Å²) < 4.78 is 0. The maximum atomic E-state index is 13.4. The van der Waals surface area contributed by atoms with Gasteiger partial charge in [-0.15, -0.1) is 11.3 Å². The number of rotatable bonds is 9. The molecule has 2 aromatic heterocycles. The van der Waals surface area contributed by atoms with Gasteiger partial charge in [0, 0.05) is 56.0 Å². The number of aryl methyl sites for hydroxylation is 1. The Bertz CT molecular complexity index is 1070. The van der Waals surface area contributed by atoms with Gasteiger partial charge in [-0.2, -0.15) is 0 Å². The van der Waals surface area contributed by atoms with E-state index in [2.05, 4.69) is 63.9 Å². The van der Waals surface area contributed by atoms with Crippen molar-refractivity contribution in [2.45, 2.75) is 38.5 Å². The number of nitrogens with zero attached hydrogens (tertiary/aromatic N) is 3. The van der Waals surface area contributed by atoms with Crippen LogP contribution >= 0.6 is 11.3 Å². The SMILES string of the molecule is Cc1ccc(CN(Cc2cccs2)C2CC(C(=O)NCCN)N(C(=O)c3cccnc3)C2)cc1. The number of nitrogens with two attached hydrogens (primary N) is 1. The van der Waals surface area contributed by atoms with Crippen LogP contribution in [0.15, 0.2) is 66.3 Å². The van der Waals surface area contributed by atoms with Gasteiger partial charge in [-0.05, 0) is 42.5 Å². The molecule has 0 spiro atoms. The van der Waals surface area contributed by atoms with E-state index < -0.39 is 6.04 Å². The number of aromatic nitrogens is 1. The predicted octanol–water partition coefficient (Wildman–Crippen LogP) is 2.81. The summed E-state index contributed by atoms with van der Waals surface area (Å²) in [4.78, 5) is 35.9. The van der Waals surface area contributed by atoms with Gasteiger partial charge in [-0.3, -0.25) is 19.5 Å². The first-order chi connectivity index (χ1) is 16.5. The fourth-order valence-corrected chi connectivity index (χ4v) is 5.09. The molecular weight excluding hydrogens is 446 g/mol. The fraction of sp³-hybridized carbons (Fsp3) is 0.346. The molecule has 0 radical (unpaired) electrons. The molecule has 1 aromatic carbocycles. The number of benzene rings is 1. The topological polar surface area (TPSA) is 91.6 Å². The van der Waals surface area contributed by atoms with E-state index in [1.807, 2.05) is 0 Å². The number of thiophene rings is 1. The minimum Gasteiger partial charge on any atom is -0.353 e. The molecule has 1 saturated heterocycles. The van der Waals surface area contributed by atoms with Crippen molar-refractivity contribution in [3.8, 4) is 0 Å². The van der Waals surface area contributed by atoms with Crippen LogP contribution in [0.5, 0.6) is 0 Å². The first-order valence-corrected chi connectivity index (χ1v) is 12.4. The van der Waals surface area contributed by atoms with Crippen molar-refractivity contribution in [3.05, 3.63) is 87.9 Å². The summed E-state index contributed by atoms with van der Waals surface area (Å²) in [6.07, 6.45) is 3.76. The molecule has 8 heteroatoms. The number of hydrogen-bond acceptors (Lipinski definition) is 6. The zero-order valence-corrected chi connectivity index (χ0v) is 20.2. The summed E-state index contributed by atoms with van der Waals surface area (Å²) in [6, 6.07) is 15.7. The highest BCUT2D eigenvalue weighted by molar-refractivity contribution is 7.09. The Balaban J connectivity index is 1.60. The smallest absolute Gasteiger partial charge is 0.256 e. The third-order valence-corrected chi connectivity index (χ3v) is 7.02. The van der Waals surface area contributed by atoms with Crippen LogP contribution in [0.2, 0.25) is 0 Å². The van der Waals surface area contributed by atoms with E-state index in [0.29, 0.717) is 31.6 Å². The van der Waals surface area contributed by atoms with E-state index in [9.17, 15) is 9.59 Å². The Kier molecular flexibility index (Phi) is 8.05. The summed E-state index contributed by atoms with van der Waals surface area (Å²) in [5.41, 5.74) is 8.52.